The highest BCUT2D eigenvalue weighted by atomic mass is 32.2. The molecule has 5 heteroatoms. The predicted molar refractivity (Wildman–Crippen MR) is 59.9 cm³/mol. The molecule has 0 saturated heterocycles. The maximum Gasteiger partial charge on any atom is 0.316 e. The Bertz CT molecular complexity index is 336. The second-order valence-electron chi connectivity index (χ2n) is 3.92. The number of rotatable bonds is 5. The van der Waals surface area contributed by atoms with Crippen LogP contribution >= 0.6 is 11.8 Å². The Hall–Kier alpha value is -0.970. The summed E-state index contributed by atoms with van der Waals surface area (Å²) in [7, 11) is 1.82. The van der Waals surface area contributed by atoms with Crippen molar-refractivity contribution in [1.82, 2.24) is 9.78 Å². The molecule has 0 bridgehead atoms. The Labute approximate surface area is 93.7 Å². The van der Waals surface area contributed by atoms with Gasteiger partial charge in [-0.15, -0.1) is 11.8 Å². The van der Waals surface area contributed by atoms with Crippen LogP contribution in [0.5, 0.6) is 0 Å². The van der Waals surface area contributed by atoms with Crippen LogP contribution in [0.1, 0.15) is 20.3 Å². The minimum absolute atomic E-state index is 0.380. The molecule has 0 aliphatic heterocycles. The van der Waals surface area contributed by atoms with Gasteiger partial charge in [0.05, 0.1) is 6.20 Å². The Balaban J connectivity index is 2.62. The lowest BCUT2D eigenvalue weighted by Crippen LogP contribution is -2.18. The summed E-state index contributed by atoms with van der Waals surface area (Å²) in [5, 5.41) is 12.7. The summed E-state index contributed by atoms with van der Waals surface area (Å²) in [6, 6.07) is 0. The van der Waals surface area contributed by atoms with Gasteiger partial charge in [-0.2, -0.15) is 5.10 Å². The molecule has 15 heavy (non-hydrogen) atoms. The zero-order valence-corrected chi connectivity index (χ0v) is 9.99. The van der Waals surface area contributed by atoms with Crippen LogP contribution in [0.2, 0.25) is 0 Å². The molecule has 0 unspecified atom stereocenters. The lowest BCUT2D eigenvalue weighted by atomic mass is 10.1. The van der Waals surface area contributed by atoms with E-state index in [9.17, 15) is 4.79 Å². The van der Waals surface area contributed by atoms with Crippen molar-refractivity contribution >= 4 is 17.7 Å². The maximum absolute atomic E-state index is 11.0. The molecule has 0 fully saturated rings. The normalized spacial score (nSPS) is 13.1. The standard InChI is InChI=1S/C10H16N2O2S/c1-7(2)4-9(10(13)14)15-8-5-11-12(3)6-8/h5-7,9H,4H2,1-3H3,(H,13,14)/t9-/m1/s1. The molecular weight excluding hydrogens is 212 g/mol. The monoisotopic (exact) mass is 228 g/mol. The molecule has 0 amide bonds. The molecule has 1 atom stereocenters. The third-order valence-electron chi connectivity index (χ3n) is 1.92. The number of thioether (sulfide) groups is 1. The molecule has 0 aromatic carbocycles. The number of carboxylic acid groups (broad SMARTS) is 1. The van der Waals surface area contributed by atoms with Crippen molar-refractivity contribution in [3.05, 3.63) is 12.4 Å². The lowest BCUT2D eigenvalue weighted by Gasteiger charge is -2.12. The molecule has 0 aliphatic carbocycles. The summed E-state index contributed by atoms with van der Waals surface area (Å²) in [4.78, 5) is 11.9. The summed E-state index contributed by atoms with van der Waals surface area (Å²) >= 11 is 1.36. The zero-order chi connectivity index (χ0) is 11.4. The van der Waals surface area contributed by atoms with E-state index in [0.29, 0.717) is 12.3 Å². The molecule has 1 rings (SSSR count). The SMILES string of the molecule is CC(C)C[C@@H](Sc1cnn(C)c1)C(=O)O. The van der Waals surface area contributed by atoms with Gasteiger partial charge in [-0.1, -0.05) is 13.8 Å². The van der Waals surface area contributed by atoms with E-state index in [1.807, 2.05) is 27.1 Å². The number of hydrogen-bond donors (Lipinski definition) is 1. The summed E-state index contributed by atoms with van der Waals surface area (Å²) < 4.78 is 1.68. The number of nitrogens with zero attached hydrogens (tertiary/aromatic N) is 2. The summed E-state index contributed by atoms with van der Waals surface area (Å²) in [6.45, 7) is 4.06. The maximum atomic E-state index is 11.0. The third kappa shape index (κ3) is 3.95. The average molecular weight is 228 g/mol. The molecule has 0 radical (unpaired) electrons. The van der Waals surface area contributed by atoms with E-state index in [-0.39, 0.29) is 5.25 Å². The van der Waals surface area contributed by atoms with Gasteiger partial charge < -0.3 is 5.11 Å². The molecular formula is C10H16N2O2S. The van der Waals surface area contributed by atoms with E-state index < -0.39 is 5.97 Å². The molecule has 0 aliphatic rings. The Morgan fingerprint density at radius 1 is 1.67 bits per heavy atom. The first-order valence-corrected chi connectivity index (χ1v) is 5.75. The highest BCUT2D eigenvalue weighted by Crippen LogP contribution is 2.27. The second-order valence-corrected chi connectivity index (χ2v) is 5.20. The second kappa shape index (κ2) is 5.21. The predicted octanol–water partition coefficient (Wildman–Crippen LogP) is 2.01. The van der Waals surface area contributed by atoms with E-state index in [0.717, 1.165) is 4.90 Å². The van der Waals surface area contributed by atoms with Crippen molar-refractivity contribution in [2.75, 3.05) is 0 Å². The molecule has 84 valence electrons. The molecule has 1 heterocycles. The van der Waals surface area contributed by atoms with Gasteiger partial charge >= 0.3 is 5.97 Å². The number of carboxylic acids is 1. The van der Waals surface area contributed by atoms with Gasteiger partial charge in [0.2, 0.25) is 0 Å². The smallest absolute Gasteiger partial charge is 0.316 e. The highest BCUT2D eigenvalue weighted by Gasteiger charge is 2.20. The van der Waals surface area contributed by atoms with Crippen molar-refractivity contribution < 1.29 is 9.90 Å². The van der Waals surface area contributed by atoms with Gasteiger partial charge in [-0.25, -0.2) is 0 Å². The number of aliphatic carboxylic acids is 1. The topological polar surface area (TPSA) is 55.1 Å². The number of hydrogen-bond acceptors (Lipinski definition) is 3. The first-order chi connectivity index (χ1) is 6.99. The fraction of sp³-hybridized carbons (Fsp3) is 0.600. The van der Waals surface area contributed by atoms with Crippen molar-refractivity contribution in [3.8, 4) is 0 Å². The minimum atomic E-state index is -0.752. The quantitative estimate of drug-likeness (QED) is 0.783. The van der Waals surface area contributed by atoms with Crippen molar-refractivity contribution in [3.63, 3.8) is 0 Å². The van der Waals surface area contributed by atoms with Crippen LogP contribution < -0.4 is 0 Å². The molecule has 4 nitrogen and oxygen atoms in total. The summed E-state index contributed by atoms with van der Waals surface area (Å²) in [5.74, 6) is -0.368. The van der Waals surface area contributed by atoms with E-state index in [1.165, 1.54) is 11.8 Å². The Kier molecular flexibility index (Phi) is 4.20. The average Bonchev–Trinajstić information content (AvgIpc) is 2.49. The van der Waals surface area contributed by atoms with E-state index in [1.54, 1.807) is 10.9 Å². The zero-order valence-electron chi connectivity index (χ0n) is 9.17. The molecule has 0 saturated carbocycles. The third-order valence-corrected chi connectivity index (χ3v) is 3.08. The Morgan fingerprint density at radius 3 is 2.73 bits per heavy atom. The van der Waals surface area contributed by atoms with Gasteiger partial charge in [-0.3, -0.25) is 9.48 Å². The number of carbonyl (C=O) groups is 1. The van der Waals surface area contributed by atoms with Crippen LogP contribution in [0.3, 0.4) is 0 Å². The highest BCUT2D eigenvalue weighted by molar-refractivity contribution is 8.00. The summed E-state index contributed by atoms with van der Waals surface area (Å²) in [6.07, 6.45) is 4.21. The van der Waals surface area contributed by atoms with E-state index in [2.05, 4.69) is 5.10 Å². The van der Waals surface area contributed by atoms with Crippen molar-refractivity contribution in [2.24, 2.45) is 13.0 Å². The van der Waals surface area contributed by atoms with Crippen LogP contribution in [-0.2, 0) is 11.8 Å². The van der Waals surface area contributed by atoms with Crippen LogP contribution in [0.15, 0.2) is 17.3 Å². The van der Waals surface area contributed by atoms with Crippen molar-refractivity contribution in [1.29, 1.82) is 0 Å². The van der Waals surface area contributed by atoms with Crippen LogP contribution in [0.4, 0.5) is 0 Å². The van der Waals surface area contributed by atoms with Gasteiger partial charge in [0.25, 0.3) is 0 Å². The largest absolute Gasteiger partial charge is 0.480 e. The minimum Gasteiger partial charge on any atom is -0.480 e. The van der Waals surface area contributed by atoms with Gasteiger partial charge in [0, 0.05) is 18.1 Å². The van der Waals surface area contributed by atoms with Crippen LogP contribution in [0, 0.1) is 5.92 Å². The fourth-order valence-corrected chi connectivity index (χ4v) is 2.48. The van der Waals surface area contributed by atoms with Crippen molar-refractivity contribution in [2.45, 2.75) is 30.4 Å². The van der Waals surface area contributed by atoms with Crippen LogP contribution in [0.25, 0.3) is 0 Å². The molecule has 0 spiro atoms. The first kappa shape index (κ1) is 12.1. The van der Waals surface area contributed by atoms with Gasteiger partial charge in [-0.05, 0) is 12.3 Å². The Morgan fingerprint density at radius 2 is 2.33 bits per heavy atom. The first-order valence-electron chi connectivity index (χ1n) is 4.87. The fourth-order valence-electron chi connectivity index (χ4n) is 1.25. The molecule has 1 aromatic rings. The molecule has 1 N–H and O–H groups in total. The van der Waals surface area contributed by atoms with Crippen LogP contribution in [-0.4, -0.2) is 26.1 Å². The van der Waals surface area contributed by atoms with Gasteiger partial charge in [0.15, 0.2) is 0 Å². The molecule has 1 aromatic heterocycles. The number of aryl methyl sites for hydroxylation is 1. The summed E-state index contributed by atoms with van der Waals surface area (Å²) in [5.41, 5.74) is 0. The van der Waals surface area contributed by atoms with Gasteiger partial charge in [0.1, 0.15) is 5.25 Å². The van der Waals surface area contributed by atoms with E-state index in [4.69, 9.17) is 5.11 Å². The van der Waals surface area contributed by atoms with E-state index >= 15 is 0 Å². The lowest BCUT2D eigenvalue weighted by molar-refractivity contribution is -0.136. The number of aromatic nitrogens is 2.